The summed E-state index contributed by atoms with van der Waals surface area (Å²) < 4.78 is 25.2. The van der Waals surface area contributed by atoms with E-state index in [2.05, 4.69) is 15.9 Å². The van der Waals surface area contributed by atoms with Crippen molar-refractivity contribution in [1.82, 2.24) is 0 Å². The van der Waals surface area contributed by atoms with E-state index in [-0.39, 0.29) is 24.5 Å². The van der Waals surface area contributed by atoms with Crippen molar-refractivity contribution in [3.8, 4) is 0 Å². The quantitative estimate of drug-likeness (QED) is 0.679. The Morgan fingerprint density at radius 2 is 1.92 bits per heavy atom. The van der Waals surface area contributed by atoms with Crippen molar-refractivity contribution >= 4 is 21.7 Å². The van der Waals surface area contributed by atoms with Crippen LogP contribution in [0.4, 0.5) is 8.78 Å². The maximum atomic E-state index is 12.6. The number of ketones is 1. The molecule has 1 fully saturated rings. The van der Waals surface area contributed by atoms with Crippen LogP contribution in [0.1, 0.15) is 25.7 Å². The lowest BCUT2D eigenvalue weighted by molar-refractivity contribution is -0.124. The molecule has 1 aliphatic carbocycles. The smallest absolute Gasteiger partial charge is 0.248 e. The van der Waals surface area contributed by atoms with E-state index in [0.717, 1.165) is 0 Å². The summed E-state index contributed by atoms with van der Waals surface area (Å²) >= 11 is 3.04. The van der Waals surface area contributed by atoms with Crippen LogP contribution in [-0.4, -0.2) is 17.0 Å². The molecule has 0 aromatic heterocycles. The van der Waals surface area contributed by atoms with Gasteiger partial charge >= 0.3 is 0 Å². The van der Waals surface area contributed by atoms with Gasteiger partial charge in [0, 0.05) is 18.8 Å². The molecule has 1 rings (SSSR count). The minimum Gasteiger partial charge on any atom is -0.298 e. The van der Waals surface area contributed by atoms with Crippen molar-refractivity contribution in [2.24, 2.45) is 5.92 Å². The second-order valence-electron chi connectivity index (χ2n) is 3.23. The first kappa shape index (κ1) is 10.1. The molecule has 12 heavy (non-hydrogen) atoms. The van der Waals surface area contributed by atoms with Crippen molar-refractivity contribution < 1.29 is 13.6 Å². The van der Waals surface area contributed by atoms with Gasteiger partial charge in [-0.2, -0.15) is 0 Å². The predicted molar refractivity (Wildman–Crippen MR) is 45.7 cm³/mol. The Labute approximate surface area is 78.6 Å². The zero-order chi connectivity index (χ0) is 9.19. The largest absolute Gasteiger partial charge is 0.298 e. The summed E-state index contributed by atoms with van der Waals surface area (Å²) in [5.74, 6) is -2.60. The standard InChI is InChI=1S/C8H11BrF2O/c9-5-7(12)6-1-3-8(10,11)4-2-6/h6H,1-5H2. The van der Waals surface area contributed by atoms with Crippen LogP contribution in [-0.2, 0) is 4.79 Å². The summed E-state index contributed by atoms with van der Waals surface area (Å²) in [7, 11) is 0. The monoisotopic (exact) mass is 240 g/mol. The molecule has 0 atom stereocenters. The molecule has 1 saturated carbocycles. The highest BCUT2D eigenvalue weighted by atomic mass is 79.9. The lowest BCUT2D eigenvalue weighted by Crippen LogP contribution is -2.29. The van der Waals surface area contributed by atoms with Crippen LogP contribution in [0, 0.1) is 5.92 Å². The molecule has 4 heteroatoms. The minimum atomic E-state index is -2.52. The van der Waals surface area contributed by atoms with Crippen LogP contribution < -0.4 is 0 Å². The van der Waals surface area contributed by atoms with Gasteiger partial charge in [0.15, 0.2) is 0 Å². The second-order valence-corrected chi connectivity index (χ2v) is 3.79. The fourth-order valence-electron chi connectivity index (χ4n) is 1.47. The molecule has 0 heterocycles. The predicted octanol–water partition coefficient (Wildman–Crippen LogP) is 2.78. The van der Waals surface area contributed by atoms with Crippen molar-refractivity contribution in [2.45, 2.75) is 31.6 Å². The highest BCUT2D eigenvalue weighted by Crippen LogP contribution is 2.36. The summed E-state index contributed by atoms with van der Waals surface area (Å²) in [6.45, 7) is 0. The molecule has 0 aromatic carbocycles. The SMILES string of the molecule is O=C(CBr)C1CCC(F)(F)CC1. The molecule has 0 saturated heterocycles. The number of carbonyl (C=O) groups is 1. The Morgan fingerprint density at radius 3 is 2.33 bits per heavy atom. The van der Waals surface area contributed by atoms with Crippen LogP contribution in [0.15, 0.2) is 0 Å². The van der Waals surface area contributed by atoms with Gasteiger partial charge in [0.25, 0.3) is 0 Å². The minimum absolute atomic E-state index is 0.0606. The van der Waals surface area contributed by atoms with Crippen LogP contribution in [0.2, 0.25) is 0 Å². The van der Waals surface area contributed by atoms with Gasteiger partial charge in [0.1, 0.15) is 5.78 Å². The molecule has 0 amide bonds. The number of alkyl halides is 3. The fraction of sp³-hybridized carbons (Fsp3) is 0.875. The zero-order valence-electron chi connectivity index (χ0n) is 6.66. The number of hydrogen-bond acceptors (Lipinski definition) is 1. The molecule has 0 radical (unpaired) electrons. The lowest BCUT2D eigenvalue weighted by atomic mass is 9.85. The van der Waals surface area contributed by atoms with Crippen LogP contribution in [0.3, 0.4) is 0 Å². The summed E-state index contributed by atoms with van der Waals surface area (Å²) in [6, 6.07) is 0. The molecular weight excluding hydrogens is 230 g/mol. The molecule has 0 aromatic rings. The number of hydrogen-bond donors (Lipinski definition) is 0. The Bertz CT molecular complexity index is 172. The van der Waals surface area contributed by atoms with E-state index in [1.165, 1.54) is 0 Å². The van der Waals surface area contributed by atoms with E-state index in [9.17, 15) is 13.6 Å². The van der Waals surface area contributed by atoms with Gasteiger partial charge in [-0.1, -0.05) is 15.9 Å². The molecule has 1 nitrogen and oxygen atoms in total. The molecule has 0 spiro atoms. The molecular formula is C8H11BrF2O. The first-order valence-corrected chi connectivity index (χ1v) is 5.14. The first-order chi connectivity index (χ1) is 5.55. The van der Waals surface area contributed by atoms with E-state index in [1.54, 1.807) is 0 Å². The van der Waals surface area contributed by atoms with E-state index >= 15 is 0 Å². The number of rotatable bonds is 2. The molecule has 0 unspecified atom stereocenters. The Morgan fingerprint density at radius 1 is 1.42 bits per heavy atom. The van der Waals surface area contributed by atoms with E-state index in [0.29, 0.717) is 18.2 Å². The van der Waals surface area contributed by atoms with E-state index in [1.807, 2.05) is 0 Å². The fourth-order valence-corrected chi connectivity index (χ4v) is 1.93. The molecule has 1 aliphatic rings. The van der Waals surface area contributed by atoms with Gasteiger partial charge in [0.2, 0.25) is 5.92 Å². The maximum Gasteiger partial charge on any atom is 0.248 e. The Hall–Kier alpha value is 0.01000. The highest BCUT2D eigenvalue weighted by molar-refractivity contribution is 9.09. The number of Topliss-reactive ketones (excluding diaryl/α,β-unsaturated/α-hetero) is 1. The van der Waals surface area contributed by atoms with Crippen LogP contribution in [0.25, 0.3) is 0 Å². The summed E-state index contributed by atoms with van der Waals surface area (Å²) in [5, 5.41) is 0.295. The van der Waals surface area contributed by atoms with Gasteiger partial charge in [-0.15, -0.1) is 0 Å². The molecule has 0 bridgehead atoms. The van der Waals surface area contributed by atoms with Crippen LogP contribution >= 0.6 is 15.9 Å². The lowest BCUT2D eigenvalue weighted by Gasteiger charge is -2.26. The third-order valence-electron chi connectivity index (χ3n) is 2.30. The zero-order valence-corrected chi connectivity index (χ0v) is 8.24. The third kappa shape index (κ3) is 2.51. The normalized spacial score (nSPS) is 23.9. The van der Waals surface area contributed by atoms with Gasteiger partial charge in [-0.25, -0.2) is 8.78 Å². The van der Waals surface area contributed by atoms with Crippen LogP contribution in [0.5, 0.6) is 0 Å². The maximum absolute atomic E-state index is 12.6. The van der Waals surface area contributed by atoms with Gasteiger partial charge in [-0.05, 0) is 12.8 Å². The van der Waals surface area contributed by atoms with Gasteiger partial charge in [-0.3, -0.25) is 4.79 Å². The van der Waals surface area contributed by atoms with E-state index < -0.39 is 5.92 Å². The van der Waals surface area contributed by atoms with Crippen molar-refractivity contribution in [2.75, 3.05) is 5.33 Å². The summed E-state index contributed by atoms with van der Waals surface area (Å²) in [4.78, 5) is 11.1. The average molecular weight is 241 g/mol. The first-order valence-electron chi connectivity index (χ1n) is 4.02. The Balaban J connectivity index is 2.41. The number of halogens is 3. The second kappa shape index (κ2) is 3.81. The summed E-state index contributed by atoms with van der Waals surface area (Å²) in [6.07, 6.45) is 0.432. The van der Waals surface area contributed by atoms with Crippen molar-refractivity contribution in [3.63, 3.8) is 0 Å². The molecule has 0 aliphatic heterocycles. The Kier molecular flexibility index (Phi) is 3.21. The highest BCUT2D eigenvalue weighted by Gasteiger charge is 2.36. The topological polar surface area (TPSA) is 17.1 Å². The van der Waals surface area contributed by atoms with Gasteiger partial charge < -0.3 is 0 Å². The average Bonchev–Trinajstić information content (AvgIpc) is 2.03. The molecule has 70 valence electrons. The van der Waals surface area contributed by atoms with Gasteiger partial charge in [0.05, 0.1) is 5.33 Å². The summed E-state index contributed by atoms with van der Waals surface area (Å²) in [5.41, 5.74) is 0. The number of carbonyl (C=O) groups excluding carboxylic acids is 1. The van der Waals surface area contributed by atoms with Crippen molar-refractivity contribution in [3.05, 3.63) is 0 Å². The third-order valence-corrected chi connectivity index (χ3v) is 2.86. The van der Waals surface area contributed by atoms with E-state index in [4.69, 9.17) is 0 Å². The van der Waals surface area contributed by atoms with Crippen molar-refractivity contribution in [1.29, 1.82) is 0 Å². The molecule has 0 N–H and O–H groups in total.